The van der Waals surface area contributed by atoms with E-state index in [1.54, 1.807) is 14.0 Å². The second-order valence-electron chi connectivity index (χ2n) is 5.10. The molecule has 0 aromatic heterocycles. The lowest BCUT2D eigenvalue weighted by molar-refractivity contribution is -0.142. The molecule has 0 aliphatic carbocycles. The van der Waals surface area contributed by atoms with E-state index in [4.69, 9.17) is 5.11 Å². The molecule has 2 rings (SSSR count). The van der Waals surface area contributed by atoms with Gasteiger partial charge in [0.05, 0.1) is 6.42 Å². The number of carbonyl (C=O) groups is 3. The van der Waals surface area contributed by atoms with Gasteiger partial charge in [0.2, 0.25) is 11.8 Å². The average molecular weight is 290 g/mol. The maximum Gasteiger partial charge on any atom is 0.303 e. The highest BCUT2D eigenvalue weighted by atomic mass is 16.4. The van der Waals surface area contributed by atoms with Crippen molar-refractivity contribution in [1.82, 2.24) is 9.80 Å². The van der Waals surface area contributed by atoms with Crippen molar-refractivity contribution in [3.63, 3.8) is 0 Å². The maximum absolute atomic E-state index is 12.3. The van der Waals surface area contributed by atoms with Gasteiger partial charge >= 0.3 is 5.97 Å². The van der Waals surface area contributed by atoms with Gasteiger partial charge in [-0.15, -0.1) is 0 Å². The van der Waals surface area contributed by atoms with Crippen molar-refractivity contribution in [2.45, 2.75) is 32.0 Å². The van der Waals surface area contributed by atoms with Gasteiger partial charge in [0.15, 0.2) is 0 Å². The molecule has 0 bridgehead atoms. The quantitative estimate of drug-likeness (QED) is 0.905. The van der Waals surface area contributed by atoms with Crippen LogP contribution in [-0.4, -0.2) is 45.8 Å². The highest BCUT2D eigenvalue weighted by Gasteiger charge is 2.44. The number of nitrogens with zero attached hydrogens (tertiary/aromatic N) is 2. The van der Waals surface area contributed by atoms with E-state index in [9.17, 15) is 14.4 Å². The Kier molecular flexibility index (Phi) is 4.26. The molecule has 6 nitrogen and oxygen atoms in total. The number of carbonyl (C=O) groups excluding carboxylic acids is 2. The van der Waals surface area contributed by atoms with Crippen molar-refractivity contribution in [2.75, 3.05) is 7.05 Å². The summed E-state index contributed by atoms with van der Waals surface area (Å²) in [6, 6.07) is 8.67. The van der Waals surface area contributed by atoms with Gasteiger partial charge in [0.1, 0.15) is 12.2 Å². The zero-order valence-corrected chi connectivity index (χ0v) is 12.0. The van der Waals surface area contributed by atoms with Crippen molar-refractivity contribution in [2.24, 2.45) is 0 Å². The first-order valence-corrected chi connectivity index (χ1v) is 6.78. The molecular weight excluding hydrogens is 272 g/mol. The van der Waals surface area contributed by atoms with Crippen LogP contribution in [0, 0.1) is 0 Å². The van der Waals surface area contributed by atoms with Crippen LogP contribution < -0.4 is 0 Å². The van der Waals surface area contributed by atoms with Gasteiger partial charge in [-0.1, -0.05) is 30.3 Å². The van der Waals surface area contributed by atoms with Crippen LogP contribution in [0.1, 0.15) is 31.5 Å². The minimum Gasteiger partial charge on any atom is -0.481 e. The molecule has 0 radical (unpaired) electrons. The predicted octanol–water partition coefficient (Wildman–Crippen LogP) is 1.24. The number of benzene rings is 1. The van der Waals surface area contributed by atoms with Crippen molar-refractivity contribution in [3.8, 4) is 0 Å². The van der Waals surface area contributed by atoms with E-state index >= 15 is 0 Å². The number of aliphatic carboxylic acids is 1. The Balaban J connectivity index is 2.29. The van der Waals surface area contributed by atoms with Crippen LogP contribution in [-0.2, 0) is 14.4 Å². The van der Waals surface area contributed by atoms with Gasteiger partial charge in [-0.05, 0) is 12.5 Å². The number of hydrogen-bond donors (Lipinski definition) is 1. The van der Waals surface area contributed by atoms with Crippen LogP contribution in [0.3, 0.4) is 0 Å². The van der Waals surface area contributed by atoms with Gasteiger partial charge < -0.3 is 14.9 Å². The molecule has 0 saturated carbocycles. The topological polar surface area (TPSA) is 77.9 Å². The summed E-state index contributed by atoms with van der Waals surface area (Å²) in [6.45, 7) is 1.67. The van der Waals surface area contributed by atoms with E-state index in [1.807, 2.05) is 30.3 Å². The highest BCUT2D eigenvalue weighted by molar-refractivity contribution is 5.91. The fourth-order valence-electron chi connectivity index (χ4n) is 2.64. The highest BCUT2D eigenvalue weighted by Crippen LogP contribution is 2.33. The third-order valence-electron chi connectivity index (χ3n) is 3.69. The summed E-state index contributed by atoms with van der Waals surface area (Å²) >= 11 is 0. The van der Waals surface area contributed by atoms with Gasteiger partial charge in [-0.25, -0.2) is 0 Å². The van der Waals surface area contributed by atoms with Crippen LogP contribution in [0.5, 0.6) is 0 Å². The minimum atomic E-state index is -1.02. The summed E-state index contributed by atoms with van der Waals surface area (Å²) < 4.78 is 0. The van der Waals surface area contributed by atoms with Crippen molar-refractivity contribution in [3.05, 3.63) is 35.9 Å². The fourth-order valence-corrected chi connectivity index (χ4v) is 2.64. The Labute approximate surface area is 123 Å². The SMILES string of the molecule is CC1C(=O)N(C)C(c2ccccc2)N1C(=O)CCC(=O)O. The minimum absolute atomic E-state index is 0.107. The largest absolute Gasteiger partial charge is 0.481 e. The molecular formula is C15H18N2O4. The molecule has 1 fully saturated rings. The van der Waals surface area contributed by atoms with Gasteiger partial charge in [0.25, 0.3) is 0 Å². The molecule has 1 aliphatic rings. The molecule has 1 saturated heterocycles. The lowest BCUT2D eigenvalue weighted by atomic mass is 10.1. The lowest BCUT2D eigenvalue weighted by Crippen LogP contribution is -2.38. The zero-order valence-electron chi connectivity index (χ0n) is 12.0. The first-order chi connectivity index (χ1) is 9.93. The Hall–Kier alpha value is -2.37. The Morgan fingerprint density at radius 3 is 2.38 bits per heavy atom. The van der Waals surface area contributed by atoms with Gasteiger partial charge in [-0.3, -0.25) is 14.4 Å². The van der Waals surface area contributed by atoms with Crippen LogP contribution in [0.2, 0.25) is 0 Å². The maximum atomic E-state index is 12.3. The average Bonchev–Trinajstić information content (AvgIpc) is 2.70. The van der Waals surface area contributed by atoms with E-state index in [-0.39, 0.29) is 24.7 Å². The second kappa shape index (κ2) is 5.95. The van der Waals surface area contributed by atoms with Crippen molar-refractivity contribution in [1.29, 1.82) is 0 Å². The second-order valence-corrected chi connectivity index (χ2v) is 5.10. The smallest absolute Gasteiger partial charge is 0.303 e. The Morgan fingerprint density at radius 1 is 1.19 bits per heavy atom. The number of likely N-dealkylation sites (N-methyl/N-ethyl adjacent to an activating group) is 1. The standard InChI is InChI=1S/C15H18N2O4/c1-10-15(21)16(2)14(11-6-4-3-5-7-11)17(10)12(18)8-9-13(19)20/h3-7,10,14H,8-9H2,1-2H3,(H,19,20). The first-order valence-electron chi connectivity index (χ1n) is 6.78. The zero-order chi connectivity index (χ0) is 15.6. The molecule has 1 N–H and O–H groups in total. The molecule has 2 atom stereocenters. The normalized spacial score (nSPS) is 21.7. The summed E-state index contributed by atoms with van der Waals surface area (Å²) in [6.07, 6.45) is -0.819. The van der Waals surface area contributed by atoms with E-state index in [1.165, 1.54) is 9.80 Å². The Bertz CT molecular complexity index is 558. The summed E-state index contributed by atoms with van der Waals surface area (Å²) in [5.74, 6) is -1.49. The molecule has 1 heterocycles. The molecule has 1 aliphatic heterocycles. The monoisotopic (exact) mass is 290 g/mol. The summed E-state index contributed by atoms with van der Waals surface area (Å²) in [4.78, 5) is 38.1. The summed E-state index contributed by atoms with van der Waals surface area (Å²) in [5.41, 5.74) is 0.835. The molecule has 112 valence electrons. The lowest BCUT2D eigenvalue weighted by Gasteiger charge is -2.29. The molecule has 1 aromatic rings. The van der Waals surface area contributed by atoms with E-state index < -0.39 is 18.2 Å². The van der Waals surface area contributed by atoms with E-state index in [0.29, 0.717) is 0 Å². The predicted molar refractivity (Wildman–Crippen MR) is 75.1 cm³/mol. The van der Waals surface area contributed by atoms with Crippen LogP contribution in [0.15, 0.2) is 30.3 Å². The fraction of sp³-hybridized carbons (Fsp3) is 0.400. The molecule has 21 heavy (non-hydrogen) atoms. The van der Waals surface area contributed by atoms with E-state index in [2.05, 4.69) is 0 Å². The molecule has 6 heteroatoms. The van der Waals surface area contributed by atoms with Crippen LogP contribution in [0.25, 0.3) is 0 Å². The number of carboxylic acid groups (broad SMARTS) is 1. The Morgan fingerprint density at radius 2 is 1.81 bits per heavy atom. The number of rotatable bonds is 4. The van der Waals surface area contributed by atoms with Gasteiger partial charge in [-0.2, -0.15) is 0 Å². The summed E-state index contributed by atoms with van der Waals surface area (Å²) in [5, 5.41) is 8.71. The van der Waals surface area contributed by atoms with E-state index in [0.717, 1.165) is 5.56 Å². The molecule has 1 aromatic carbocycles. The van der Waals surface area contributed by atoms with Crippen molar-refractivity contribution >= 4 is 17.8 Å². The number of carboxylic acids is 1. The molecule has 2 amide bonds. The summed E-state index contributed by atoms with van der Waals surface area (Å²) in [7, 11) is 1.65. The third-order valence-corrected chi connectivity index (χ3v) is 3.69. The number of amides is 2. The number of hydrogen-bond acceptors (Lipinski definition) is 3. The third kappa shape index (κ3) is 2.89. The first kappa shape index (κ1) is 15.0. The van der Waals surface area contributed by atoms with Crippen LogP contribution in [0.4, 0.5) is 0 Å². The molecule has 0 spiro atoms. The molecule has 2 unspecified atom stereocenters. The van der Waals surface area contributed by atoms with Gasteiger partial charge in [0, 0.05) is 13.5 Å². The van der Waals surface area contributed by atoms with Crippen LogP contribution >= 0.6 is 0 Å². The van der Waals surface area contributed by atoms with Crippen molar-refractivity contribution < 1.29 is 19.5 Å².